The van der Waals surface area contributed by atoms with E-state index in [0.29, 0.717) is 49.3 Å². The fourth-order valence-corrected chi connectivity index (χ4v) is 2.65. The van der Waals surface area contributed by atoms with E-state index in [-0.39, 0.29) is 0 Å². The summed E-state index contributed by atoms with van der Waals surface area (Å²) in [5.74, 6) is 0. The lowest BCUT2D eigenvalue weighted by Gasteiger charge is -2.31. The summed E-state index contributed by atoms with van der Waals surface area (Å²) in [6.07, 6.45) is -2.43. The zero-order valence-corrected chi connectivity index (χ0v) is 14.4. The molecule has 0 atom stereocenters. The number of hydrogen-bond donors (Lipinski definition) is 2. The summed E-state index contributed by atoms with van der Waals surface area (Å²) in [5, 5.41) is 6.26. The monoisotopic (exact) mass is 361 g/mol. The molecule has 1 heterocycles. The van der Waals surface area contributed by atoms with Crippen LogP contribution in [-0.4, -0.2) is 38.0 Å². The summed E-state index contributed by atoms with van der Waals surface area (Å²) in [4.78, 5) is 2.00. The van der Waals surface area contributed by atoms with Crippen LogP contribution in [0.4, 0.5) is 24.5 Å². The van der Waals surface area contributed by atoms with Crippen molar-refractivity contribution in [1.82, 2.24) is 5.32 Å². The SMILES string of the molecule is CCCCNC(=S)Nc1cc(C(F)(F)F)ccc1N1CCOCC1. The first-order valence-electron chi connectivity index (χ1n) is 8.00. The number of nitrogens with zero attached hydrogens (tertiary/aromatic N) is 1. The molecule has 1 aromatic carbocycles. The van der Waals surface area contributed by atoms with Gasteiger partial charge in [0.15, 0.2) is 5.11 Å². The number of halogens is 3. The number of nitrogens with one attached hydrogen (secondary N) is 2. The van der Waals surface area contributed by atoms with E-state index in [1.54, 1.807) is 0 Å². The molecule has 1 aliphatic heterocycles. The topological polar surface area (TPSA) is 36.5 Å². The van der Waals surface area contributed by atoms with Crippen LogP contribution >= 0.6 is 12.2 Å². The van der Waals surface area contributed by atoms with E-state index in [9.17, 15) is 13.2 Å². The van der Waals surface area contributed by atoms with Gasteiger partial charge in [-0.25, -0.2) is 0 Å². The summed E-state index contributed by atoms with van der Waals surface area (Å²) < 4.78 is 44.4. The third kappa shape index (κ3) is 5.24. The lowest BCUT2D eigenvalue weighted by Crippen LogP contribution is -2.37. The van der Waals surface area contributed by atoms with Crippen molar-refractivity contribution in [3.8, 4) is 0 Å². The molecule has 0 bridgehead atoms. The van der Waals surface area contributed by atoms with Crippen LogP contribution in [-0.2, 0) is 10.9 Å². The van der Waals surface area contributed by atoms with Crippen molar-refractivity contribution in [1.29, 1.82) is 0 Å². The maximum atomic E-state index is 13.0. The molecule has 0 unspecified atom stereocenters. The van der Waals surface area contributed by atoms with Gasteiger partial charge < -0.3 is 20.3 Å². The maximum absolute atomic E-state index is 13.0. The molecular weight excluding hydrogens is 339 g/mol. The molecule has 4 nitrogen and oxygen atoms in total. The standard InChI is InChI=1S/C16H22F3N3OS/c1-2-3-6-20-15(24)21-13-11-12(16(17,18)19)4-5-14(13)22-7-9-23-10-8-22/h4-5,11H,2-3,6-10H2,1H3,(H2,20,21,24). The van der Waals surface area contributed by atoms with Gasteiger partial charge in [0.05, 0.1) is 30.2 Å². The Labute approximate surface area is 145 Å². The van der Waals surface area contributed by atoms with E-state index < -0.39 is 11.7 Å². The highest BCUT2D eigenvalue weighted by Gasteiger charge is 2.31. The van der Waals surface area contributed by atoms with Crippen LogP contribution in [0.1, 0.15) is 25.3 Å². The van der Waals surface area contributed by atoms with E-state index in [1.165, 1.54) is 6.07 Å². The first-order chi connectivity index (χ1) is 11.4. The predicted molar refractivity (Wildman–Crippen MR) is 93.6 cm³/mol. The van der Waals surface area contributed by atoms with Crippen molar-refractivity contribution in [3.05, 3.63) is 23.8 Å². The number of hydrogen-bond acceptors (Lipinski definition) is 3. The lowest BCUT2D eigenvalue weighted by atomic mass is 10.1. The van der Waals surface area contributed by atoms with Crippen molar-refractivity contribution in [2.75, 3.05) is 43.1 Å². The molecule has 0 aromatic heterocycles. The van der Waals surface area contributed by atoms with Crippen molar-refractivity contribution in [2.45, 2.75) is 25.9 Å². The van der Waals surface area contributed by atoms with Gasteiger partial charge in [-0.2, -0.15) is 13.2 Å². The Kier molecular flexibility index (Phi) is 6.68. The lowest BCUT2D eigenvalue weighted by molar-refractivity contribution is -0.137. The molecule has 8 heteroatoms. The van der Waals surface area contributed by atoms with E-state index in [4.69, 9.17) is 17.0 Å². The molecule has 1 aliphatic rings. The van der Waals surface area contributed by atoms with Crippen LogP contribution < -0.4 is 15.5 Å². The van der Waals surface area contributed by atoms with E-state index in [2.05, 4.69) is 17.6 Å². The number of thiocarbonyl (C=S) groups is 1. The molecule has 0 aliphatic carbocycles. The highest BCUT2D eigenvalue weighted by atomic mass is 32.1. The fourth-order valence-electron chi connectivity index (χ4n) is 2.44. The minimum absolute atomic E-state index is 0.331. The molecule has 0 saturated carbocycles. The number of unbranched alkanes of at least 4 members (excludes halogenated alkanes) is 1. The van der Waals surface area contributed by atoms with Crippen LogP contribution in [0.3, 0.4) is 0 Å². The Bertz CT molecular complexity index is 560. The van der Waals surface area contributed by atoms with Gasteiger partial charge in [0.2, 0.25) is 0 Å². The highest BCUT2D eigenvalue weighted by Crippen LogP contribution is 2.35. The molecule has 24 heavy (non-hydrogen) atoms. The molecule has 2 N–H and O–H groups in total. The minimum atomic E-state index is -4.39. The maximum Gasteiger partial charge on any atom is 0.416 e. The number of anilines is 2. The van der Waals surface area contributed by atoms with Gasteiger partial charge in [0.25, 0.3) is 0 Å². The number of alkyl halides is 3. The fraction of sp³-hybridized carbons (Fsp3) is 0.562. The normalized spacial score (nSPS) is 15.2. The van der Waals surface area contributed by atoms with Crippen molar-refractivity contribution < 1.29 is 17.9 Å². The molecule has 0 amide bonds. The summed E-state index contributed by atoms with van der Waals surface area (Å²) in [5.41, 5.74) is 0.366. The third-order valence-electron chi connectivity index (χ3n) is 3.74. The Morgan fingerprint density at radius 2 is 2.00 bits per heavy atom. The van der Waals surface area contributed by atoms with Crippen LogP contribution in [0, 0.1) is 0 Å². The van der Waals surface area contributed by atoms with Crippen LogP contribution in [0.5, 0.6) is 0 Å². The van der Waals surface area contributed by atoms with Gasteiger partial charge in [-0.05, 0) is 36.8 Å². The van der Waals surface area contributed by atoms with Crippen molar-refractivity contribution in [2.24, 2.45) is 0 Å². The molecule has 0 radical (unpaired) electrons. The van der Waals surface area contributed by atoms with Gasteiger partial charge in [0.1, 0.15) is 0 Å². The highest BCUT2D eigenvalue weighted by molar-refractivity contribution is 7.80. The molecule has 1 aromatic rings. The number of rotatable bonds is 5. The summed E-state index contributed by atoms with van der Waals surface area (Å²) in [7, 11) is 0. The van der Waals surface area contributed by atoms with Gasteiger partial charge in [-0.1, -0.05) is 13.3 Å². The Morgan fingerprint density at radius 3 is 2.62 bits per heavy atom. The minimum Gasteiger partial charge on any atom is -0.378 e. The van der Waals surface area contributed by atoms with E-state index in [1.807, 2.05) is 4.90 Å². The Hall–Kier alpha value is -1.54. The van der Waals surface area contributed by atoms with Crippen LogP contribution in [0.15, 0.2) is 18.2 Å². The molecule has 0 spiro atoms. The Morgan fingerprint density at radius 1 is 1.29 bits per heavy atom. The molecular formula is C16H22F3N3OS. The van der Waals surface area contributed by atoms with E-state index >= 15 is 0 Å². The molecule has 1 saturated heterocycles. The smallest absolute Gasteiger partial charge is 0.378 e. The predicted octanol–water partition coefficient (Wildman–Crippen LogP) is 3.63. The number of morpholine rings is 1. The largest absolute Gasteiger partial charge is 0.416 e. The van der Waals surface area contributed by atoms with Gasteiger partial charge >= 0.3 is 6.18 Å². The van der Waals surface area contributed by atoms with Crippen molar-refractivity contribution >= 4 is 28.7 Å². The average molecular weight is 361 g/mol. The Balaban J connectivity index is 2.21. The van der Waals surface area contributed by atoms with Crippen LogP contribution in [0.25, 0.3) is 0 Å². The van der Waals surface area contributed by atoms with Crippen molar-refractivity contribution in [3.63, 3.8) is 0 Å². The zero-order valence-electron chi connectivity index (χ0n) is 13.6. The first kappa shape index (κ1) is 18.8. The van der Waals surface area contributed by atoms with E-state index in [0.717, 1.165) is 25.0 Å². The third-order valence-corrected chi connectivity index (χ3v) is 3.99. The van der Waals surface area contributed by atoms with Gasteiger partial charge in [-0.15, -0.1) is 0 Å². The second kappa shape index (κ2) is 8.53. The number of ether oxygens (including phenoxy) is 1. The van der Waals surface area contributed by atoms with Crippen LogP contribution in [0.2, 0.25) is 0 Å². The summed E-state index contributed by atoms with van der Waals surface area (Å²) in [6.45, 7) is 5.13. The first-order valence-corrected chi connectivity index (χ1v) is 8.41. The zero-order chi connectivity index (χ0) is 17.6. The second-order valence-electron chi connectivity index (χ2n) is 5.56. The molecule has 134 valence electrons. The van der Waals surface area contributed by atoms with Gasteiger partial charge in [-0.3, -0.25) is 0 Å². The molecule has 2 rings (SSSR count). The second-order valence-corrected chi connectivity index (χ2v) is 5.97. The number of benzene rings is 1. The average Bonchev–Trinajstić information content (AvgIpc) is 2.55. The quantitative estimate of drug-likeness (QED) is 0.619. The molecule has 1 fully saturated rings. The summed E-state index contributed by atoms with van der Waals surface area (Å²) in [6, 6.07) is 3.70. The van der Waals surface area contributed by atoms with Gasteiger partial charge in [0, 0.05) is 19.6 Å². The summed E-state index contributed by atoms with van der Waals surface area (Å²) >= 11 is 5.20.